The van der Waals surface area contributed by atoms with Crippen LogP contribution >= 0.6 is 11.3 Å². The number of aryl methyl sites for hydroxylation is 1. The van der Waals surface area contributed by atoms with Crippen LogP contribution in [0, 0.1) is 6.92 Å². The van der Waals surface area contributed by atoms with Crippen molar-refractivity contribution in [1.82, 2.24) is 4.98 Å². The number of aromatic nitrogens is 1. The molecular formula is C16H13NO4S. The van der Waals surface area contributed by atoms with E-state index in [1.54, 1.807) is 49.8 Å². The zero-order valence-corrected chi connectivity index (χ0v) is 12.8. The molecule has 5 nitrogen and oxygen atoms in total. The topological polar surface area (TPSA) is 61.6 Å². The van der Waals surface area contributed by atoms with Gasteiger partial charge in [-0.3, -0.25) is 0 Å². The Kier molecular flexibility index (Phi) is 3.93. The summed E-state index contributed by atoms with van der Waals surface area (Å²) in [6.07, 6.45) is 1.57. The van der Waals surface area contributed by atoms with Crippen LogP contribution in [0.1, 0.15) is 15.4 Å². The van der Waals surface area contributed by atoms with E-state index in [2.05, 4.69) is 4.98 Å². The Morgan fingerprint density at radius 3 is 2.55 bits per heavy atom. The molecule has 0 bridgehead atoms. The summed E-state index contributed by atoms with van der Waals surface area (Å²) in [4.78, 5) is 17.3. The lowest BCUT2D eigenvalue weighted by atomic mass is 10.3. The number of hydrogen-bond acceptors (Lipinski definition) is 6. The van der Waals surface area contributed by atoms with Gasteiger partial charge in [0.2, 0.25) is 0 Å². The maximum atomic E-state index is 12.2. The van der Waals surface area contributed by atoms with Crippen molar-refractivity contribution in [2.24, 2.45) is 0 Å². The first-order valence-corrected chi connectivity index (χ1v) is 7.36. The lowest BCUT2D eigenvalue weighted by Gasteiger charge is -2.04. The molecule has 0 aliphatic carbocycles. The summed E-state index contributed by atoms with van der Waals surface area (Å²) < 4.78 is 15.7. The minimum absolute atomic E-state index is 0.298. The van der Waals surface area contributed by atoms with Gasteiger partial charge in [0, 0.05) is 4.88 Å². The third-order valence-corrected chi connectivity index (χ3v) is 3.98. The first-order chi connectivity index (χ1) is 10.7. The fourth-order valence-corrected chi connectivity index (χ4v) is 2.76. The monoisotopic (exact) mass is 315 g/mol. The van der Waals surface area contributed by atoms with Crippen molar-refractivity contribution in [3.05, 3.63) is 53.2 Å². The number of ether oxygens (including phenoxy) is 2. The van der Waals surface area contributed by atoms with E-state index >= 15 is 0 Å². The van der Waals surface area contributed by atoms with Gasteiger partial charge in [0.25, 0.3) is 0 Å². The molecule has 0 N–H and O–H groups in total. The average molecular weight is 315 g/mol. The van der Waals surface area contributed by atoms with Crippen molar-refractivity contribution in [1.29, 1.82) is 0 Å². The molecule has 3 rings (SSSR count). The van der Waals surface area contributed by atoms with Gasteiger partial charge in [-0.1, -0.05) is 0 Å². The summed E-state index contributed by atoms with van der Waals surface area (Å²) in [5.41, 5.74) is 0.298. The van der Waals surface area contributed by atoms with Gasteiger partial charge < -0.3 is 13.9 Å². The van der Waals surface area contributed by atoms with Crippen molar-refractivity contribution in [3.8, 4) is 22.3 Å². The second-order valence-electron chi connectivity index (χ2n) is 4.47. The maximum Gasteiger partial charge on any atom is 0.363 e. The van der Waals surface area contributed by atoms with Crippen molar-refractivity contribution >= 4 is 17.3 Å². The Bertz CT molecular complexity index is 775. The van der Waals surface area contributed by atoms with E-state index in [9.17, 15) is 4.79 Å². The highest BCUT2D eigenvalue weighted by Crippen LogP contribution is 2.28. The summed E-state index contributed by atoms with van der Waals surface area (Å²) in [7, 11) is 1.58. The SMILES string of the molecule is COc1ccc(OC(=O)c2nc(-c3ccco3)sc2C)cc1. The molecule has 0 amide bonds. The lowest BCUT2D eigenvalue weighted by Crippen LogP contribution is -2.10. The molecule has 6 heteroatoms. The highest BCUT2D eigenvalue weighted by Gasteiger charge is 2.19. The number of esters is 1. The Hall–Kier alpha value is -2.60. The van der Waals surface area contributed by atoms with Gasteiger partial charge in [0.1, 0.15) is 11.5 Å². The predicted octanol–water partition coefficient (Wildman–Crippen LogP) is 3.94. The third kappa shape index (κ3) is 2.87. The van der Waals surface area contributed by atoms with Crippen LogP contribution in [0.5, 0.6) is 11.5 Å². The predicted molar refractivity (Wildman–Crippen MR) is 82.5 cm³/mol. The Morgan fingerprint density at radius 1 is 1.18 bits per heavy atom. The van der Waals surface area contributed by atoms with Crippen LogP contribution in [0.2, 0.25) is 0 Å². The summed E-state index contributed by atoms with van der Waals surface area (Å²) in [6.45, 7) is 1.83. The molecule has 0 aliphatic rings. The van der Waals surface area contributed by atoms with Gasteiger partial charge in [-0.25, -0.2) is 9.78 Å². The largest absolute Gasteiger partial charge is 0.497 e. The van der Waals surface area contributed by atoms with Crippen LogP contribution in [0.4, 0.5) is 0 Å². The molecule has 0 spiro atoms. The third-order valence-electron chi connectivity index (χ3n) is 2.99. The second kappa shape index (κ2) is 6.03. The number of nitrogens with zero attached hydrogens (tertiary/aromatic N) is 1. The van der Waals surface area contributed by atoms with Crippen LogP contribution in [0.3, 0.4) is 0 Å². The van der Waals surface area contributed by atoms with Gasteiger partial charge in [-0.15, -0.1) is 11.3 Å². The standard InChI is InChI=1S/C16H13NO4S/c1-10-14(17-15(22-10)13-4-3-9-20-13)16(18)21-12-7-5-11(19-2)6-8-12/h3-9H,1-2H3. The normalized spacial score (nSPS) is 10.5. The molecule has 2 heterocycles. The van der Waals surface area contributed by atoms with Gasteiger partial charge >= 0.3 is 5.97 Å². The average Bonchev–Trinajstić information content (AvgIpc) is 3.17. The van der Waals surface area contributed by atoms with Crippen LogP contribution in [-0.4, -0.2) is 18.1 Å². The number of rotatable bonds is 4. The van der Waals surface area contributed by atoms with Crippen LogP contribution in [0.25, 0.3) is 10.8 Å². The molecule has 22 heavy (non-hydrogen) atoms. The van der Waals surface area contributed by atoms with Crippen molar-refractivity contribution < 1.29 is 18.7 Å². The van der Waals surface area contributed by atoms with E-state index < -0.39 is 5.97 Å². The minimum atomic E-state index is -0.489. The molecule has 3 aromatic rings. The quantitative estimate of drug-likeness (QED) is 0.539. The number of carbonyl (C=O) groups is 1. The maximum absolute atomic E-state index is 12.2. The van der Waals surface area contributed by atoms with Crippen LogP contribution in [-0.2, 0) is 0 Å². The second-order valence-corrected chi connectivity index (χ2v) is 5.67. The highest BCUT2D eigenvalue weighted by atomic mass is 32.1. The number of methoxy groups -OCH3 is 1. The van der Waals surface area contributed by atoms with E-state index in [1.807, 2.05) is 6.92 Å². The first-order valence-electron chi connectivity index (χ1n) is 6.55. The molecule has 0 saturated heterocycles. The number of benzene rings is 1. The van der Waals surface area contributed by atoms with Crippen molar-refractivity contribution in [2.45, 2.75) is 6.92 Å². The van der Waals surface area contributed by atoms with Crippen LogP contribution < -0.4 is 9.47 Å². The molecule has 2 aromatic heterocycles. The number of hydrogen-bond donors (Lipinski definition) is 0. The zero-order chi connectivity index (χ0) is 15.5. The summed E-state index contributed by atoms with van der Waals surface area (Å²) in [5.74, 6) is 1.29. The molecule has 0 atom stereocenters. The fraction of sp³-hybridized carbons (Fsp3) is 0.125. The molecule has 0 unspecified atom stereocenters. The lowest BCUT2D eigenvalue weighted by molar-refractivity contribution is 0.0728. The summed E-state index contributed by atoms with van der Waals surface area (Å²) in [6, 6.07) is 10.4. The molecule has 0 aliphatic heterocycles. The van der Waals surface area contributed by atoms with E-state index in [0.717, 1.165) is 4.88 Å². The summed E-state index contributed by atoms with van der Waals surface area (Å²) >= 11 is 1.39. The molecule has 112 valence electrons. The minimum Gasteiger partial charge on any atom is -0.497 e. The molecular weight excluding hydrogens is 302 g/mol. The fourth-order valence-electron chi connectivity index (χ4n) is 1.89. The zero-order valence-electron chi connectivity index (χ0n) is 12.0. The Labute approximate surface area is 131 Å². The highest BCUT2D eigenvalue weighted by molar-refractivity contribution is 7.15. The van der Waals surface area contributed by atoms with E-state index in [0.29, 0.717) is 28.0 Å². The number of thiazole rings is 1. The van der Waals surface area contributed by atoms with Crippen molar-refractivity contribution in [2.75, 3.05) is 7.11 Å². The van der Waals surface area contributed by atoms with Gasteiger partial charge in [0.15, 0.2) is 16.5 Å². The molecule has 1 aromatic carbocycles. The van der Waals surface area contributed by atoms with Crippen LogP contribution in [0.15, 0.2) is 47.1 Å². The van der Waals surface area contributed by atoms with Crippen molar-refractivity contribution in [3.63, 3.8) is 0 Å². The molecule has 0 saturated carbocycles. The smallest absolute Gasteiger partial charge is 0.363 e. The summed E-state index contributed by atoms with van der Waals surface area (Å²) in [5, 5.41) is 0.657. The van der Waals surface area contributed by atoms with Gasteiger partial charge in [0.05, 0.1) is 13.4 Å². The number of furan rings is 1. The van der Waals surface area contributed by atoms with E-state index in [4.69, 9.17) is 13.9 Å². The number of carbonyl (C=O) groups excluding carboxylic acids is 1. The van der Waals surface area contributed by atoms with Gasteiger partial charge in [-0.2, -0.15) is 0 Å². The Balaban J connectivity index is 1.80. The molecule has 0 fully saturated rings. The Morgan fingerprint density at radius 2 is 1.91 bits per heavy atom. The van der Waals surface area contributed by atoms with E-state index in [-0.39, 0.29) is 0 Å². The first kappa shape index (κ1) is 14.3. The van der Waals surface area contributed by atoms with Gasteiger partial charge in [-0.05, 0) is 43.3 Å². The van der Waals surface area contributed by atoms with E-state index in [1.165, 1.54) is 11.3 Å². The molecule has 0 radical (unpaired) electrons.